The maximum Gasteiger partial charge on any atom is 0.328 e. The number of esters is 1. The molecule has 1 rings (SSSR count). The summed E-state index contributed by atoms with van der Waals surface area (Å²) in [6, 6.07) is 0.716. The molecular formula is C15H25N3O3. The topological polar surface area (TPSA) is 73.2 Å². The molecule has 0 saturated carbocycles. The van der Waals surface area contributed by atoms with Crippen molar-refractivity contribution >= 4 is 11.9 Å². The van der Waals surface area contributed by atoms with Gasteiger partial charge in [0.2, 0.25) is 5.91 Å². The average Bonchev–Trinajstić information content (AvgIpc) is 2.71. The summed E-state index contributed by atoms with van der Waals surface area (Å²) in [7, 11) is 1.32. The molecule has 0 saturated heterocycles. The van der Waals surface area contributed by atoms with E-state index in [9.17, 15) is 9.59 Å². The lowest BCUT2D eigenvalue weighted by Gasteiger charge is -2.30. The van der Waals surface area contributed by atoms with Crippen molar-refractivity contribution in [2.75, 3.05) is 7.11 Å². The highest BCUT2D eigenvalue weighted by molar-refractivity contribution is 5.86. The second-order valence-electron chi connectivity index (χ2n) is 6.38. The first-order chi connectivity index (χ1) is 9.57. The molecule has 1 heterocycles. The lowest BCUT2D eigenvalue weighted by atomic mass is 9.86. The standard InChI is InChI=1S/C15H25N3O3/c1-9-8-10(2)18(17-9)11(3)13(19)16-12(14(20)21-7)15(4,5)6/h8,11-12H,1-7H3,(H,16,19)/t11-,12+/m1/s1. The summed E-state index contributed by atoms with van der Waals surface area (Å²) in [5, 5.41) is 7.07. The molecular weight excluding hydrogens is 270 g/mol. The van der Waals surface area contributed by atoms with Crippen LogP contribution in [0.3, 0.4) is 0 Å². The van der Waals surface area contributed by atoms with Gasteiger partial charge >= 0.3 is 5.97 Å². The zero-order valence-corrected chi connectivity index (χ0v) is 13.9. The van der Waals surface area contributed by atoms with Gasteiger partial charge in [-0.25, -0.2) is 4.79 Å². The molecule has 0 bridgehead atoms. The van der Waals surface area contributed by atoms with E-state index < -0.39 is 23.5 Å². The fourth-order valence-corrected chi connectivity index (χ4v) is 2.16. The number of carbonyl (C=O) groups is 2. The fraction of sp³-hybridized carbons (Fsp3) is 0.667. The number of methoxy groups -OCH3 is 1. The van der Waals surface area contributed by atoms with E-state index in [1.807, 2.05) is 40.7 Å². The molecule has 118 valence electrons. The molecule has 6 heteroatoms. The monoisotopic (exact) mass is 295 g/mol. The first-order valence-corrected chi connectivity index (χ1v) is 6.99. The van der Waals surface area contributed by atoms with Crippen molar-refractivity contribution in [3.8, 4) is 0 Å². The third-order valence-electron chi connectivity index (χ3n) is 3.38. The summed E-state index contributed by atoms with van der Waals surface area (Å²) in [4.78, 5) is 24.3. The van der Waals surface area contributed by atoms with E-state index >= 15 is 0 Å². The molecule has 0 aliphatic heterocycles. The Morgan fingerprint density at radius 1 is 1.33 bits per heavy atom. The van der Waals surface area contributed by atoms with Crippen molar-refractivity contribution in [1.82, 2.24) is 15.1 Å². The number of hydrogen-bond acceptors (Lipinski definition) is 4. The Bertz CT molecular complexity index is 529. The first kappa shape index (κ1) is 17.2. The molecule has 1 amide bonds. The van der Waals surface area contributed by atoms with Gasteiger partial charge in [0, 0.05) is 5.69 Å². The van der Waals surface area contributed by atoms with Gasteiger partial charge in [-0.15, -0.1) is 0 Å². The van der Waals surface area contributed by atoms with Crippen LogP contribution in [0.15, 0.2) is 6.07 Å². The summed E-state index contributed by atoms with van der Waals surface area (Å²) in [5.74, 6) is -0.706. The molecule has 0 unspecified atom stereocenters. The minimum Gasteiger partial charge on any atom is -0.467 e. The van der Waals surface area contributed by atoms with Crippen LogP contribution in [-0.2, 0) is 14.3 Å². The summed E-state index contributed by atoms with van der Waals surface area (Å²) in [6.45, 7) is 11.2. The van der Waals surface area contributed by atoms with Gasteiger partial charge in [0.15, 0.2) is 0 Å². The number of carbonyl (C=O) groups excluding carboxylic acids is 2. The van der Waals surface area contributed by atoms with Crippen LogP contribution in [-0.4, -0.2) is 34.8 Å². The highest BCUT2D eigenvalue weighted by atomic mass is 16.5. The van der Waals surface area contributed by atoms with Crippen LogP contribution in [0.2, 0.25) is 0 Å². The van der Waals surface area contributed by atoms with Gasteiger partial charge in [0.1, 0.15) is 12.1 Å². The smallest absolute Gasteiger partial charge is 0.328 e. The fourth-order valence-electron chi connectivity index (χ4n) is 2.16. The summed E-state index contributed by atoms with van der Waals surface area (Å²) >= 11 is 0. The number of nitrogens with one attached hydrogen (secondary N) is 1. The Morgan fingerprint density at radius 2 is 1.90 bits per heavy atom. The highest BCUT2D eigenvalue weighted by Crippen LogP contribution is 2.21. The predicted molar refractivity (Wildman–Crippen MR) is 79.8 cm³/mol. The number of rotatable bonds is 4. The van der Waals surface area contributed by atoms with Crippen LogP contribution >= 0.6 is 0 Å². The molecule has 0 aliphatic rings. The van der Waals surface area contributed by atoms with Crippen molar-refractivity contribution in [2.24, 2.45) is 5.41 Å². The second kappa shape index (κ2) is 6.28. The minimum absolute atomic E-state index is 0.258. The summed E-state index contributed by atoms with van der Waals surface area (Å²) < 4.78 is 6.43. The normalized spacial score (nSPS) is 14.4. The van der Waals surface area contributed by atoms with Gasteiger partial charge in [0.05, 0.1) is 12.8 Å². The molecule has 0 aromatic carbocycles. The van der Waals surface area contributed by atoms with E-state index in [1.54, 1.807) is 11.6 Å². The van der Waals surface area contributed by atoms with Gasteiger partial charge < -0.3 is 10.1 Å². The molecule has 1 aromatic heterocycles. The summed E-state index contributed by atoms with van der Waals surface area (Å²) in [5.41, 5.74) is 1.32. The molecule has 1 N–H and O–H groups in total. The third kappa shape index (κ3) is 4.06. The number of aryl methyl sites for hydroxylation is 2. The Balaban J connectivity index is 2.92. The number of nitrogens with zero attached hydrogens (tertiary/aromatic N) is 2. The van der Waals surface area contributed by atoms with Crippen molar-refractivity contribution < 1.29 is 14.3 Å². The van der Waals surface area contributed by atoms with Crippen LogP contribution in [0.5, 0.6) is 0 Å². The van der Waals surface area contributed by atoms with Gasteiger partial charge in [0.25, 0.3) is 0 Å². The van der Waals surface area contributed by atoms with E-state index in [-0.39, 0.29) is 5.91 Å². The maximum atomic E-state index is 12.4. The van der Waals surface area contributed by atoms with Crippen molar-refractivity contribution in [3.63, 3.8) is 0 Å². The molecule has 21 heavy (non-hydrogen) atoms. The second-order valence-corrected chi connectivity index (χ2v) is 6.38. The molecule has 2 atom stereocenters. The largest absolute Gasteiger partial charge is 0.467 e. The quantitative estimate of drug-likeness (QED) is 0.859. The number of hydrogen-bond donors (Lipinski definition) is 1. The highest BCUT2D eigenvalue weighted by Gasteiger charge is 2.35. The average molecular weight is 295 g/mol. The molecule has 0 radical (unpaired) electrons. The van der Waals surface area contributed by atoms with E-state index in [1.165, 1.54) is 7.11 Å². The van der Waals surface area contributed by atoms with Crippen molar-refractivity contribution in [2.45, 2.75) is 53.6 Å². The van der Waals surface area contributed by atoms with E-state index in [2.05, 4.69) is 10.4 Å². The van der Waals surface area contributed by atoms with E-state index in [0.29, 0.717) is 0 Å². The van der Waals surface area contributed by atoms with Crippen LogP contribution in [0.4, 0.5) is 0 Å². The minimum atomic E-state index is -0.700. The lowest BCUT2D eigenvalue weighted by molar-refractivity contribution is -0.148. The Hall–Kier alpha value is -1.85. The van der Waals surface area contributed by atoms with Crippen molar-refractivity contribution in [1.29, 1.82) is 0 Å². The van der Waals surface area contributed by atoms with Crippen LogP contribution in [0.1, 0.15) is 45.1 Å². The molecule has 0 aliphatic carbocycles. The number of aromatic nitrogens is 2. The van der Waals surface area contributed by atoms with Crippen LogP contribution in [0.25, 0.3) is 0 Å². The van der Waals surface area contributed by atoms with Gasteiger partial charge in [-0.3, -0.25) is 9.48 Å². The molecule has 1 aromatic rings. The van der Waals surface area contributed by atoms with Gasteiger partial charge in [-0.2, -0.15) is 5.10 Å². The zero-order chi connectivity index (χ0) is 16.4. The van der Waals surface area contributed by atoms with Gasteiger partial charge in [-0.1, -0.05) is 20.8 Å². The predicted octanol–water partition coefficient (Wildman–Crippen LogP) is 1.76. The molecule has 0 fully saturated rings. The molecule has 6 nitrogen and oxygen atoms in total. The SMILES string of the molecule is COC(=O)[C@H](NC(=O)[C@@H](C)n1nc(C)cc1C)C(C)(C)C. The third-order valence-corrected chi connectivity index (χ3v) is 3.38. The van der Waals surface area contributed by atoms with Crippen molar-refractivity contribution in [3.05, 3.63) is 17.5 Å². The zero-order valence-electron chi connectivity index (χ0n) is 13.9. The van der Waals surface area contributed by atoms with Gasteiger partial charge in [-0.05, 0) is 32.3 Å². The maximum absolute atomic E-state index is 12.4. The Morgan fingerprint density at radius 3 is 2.29 bits per heavy atom. The Kier molecular flexibility index (Phi) is 5.15. The lowest BCUT2D eigenvalue weighted by Crippen LogP contribution is -2.51. The van der Waals surface area contributed by atoms with E-state index in [0.717, 1.165) is 11.4 Å². The first-order valence-electron chi connectivity index (χ1n) is 6.99. The summed E-state index contributed by atoms with van der Waals surface area (Å²) in [6.07, 6.45) is 0. The number of ether oxygens (including phenoxy) is 1. The Labute approximate surface area is 125 Å². The van der Waals surface area contributed by atoms with E-state index in [4.69, 9.17) is 4.74 Å². The molecule has 0 spiro atoms. The van der Waals surface area contributed by atoms with Crippen LogP contribution < -0.4 is 5.32 Å². The number of amides is 1. The van der Waals surface area contributed by atoms with Crippen LogP contribution in [0, 0.1) is 19.3 Å².